The van der Waals surface area contributed by atoms with E-state index >= 15 is 0 Å². The first-order valence-corrected chi connectivity index (χ1v) is 15.9. The number of carbonyl (C=O) groups is 1. The number of halogens is 2. The molecule has 0 aromatic heterocycles. The molecule has 3 rings (SSSR count). The average Bonchev–Trinajstić information content (AvgIpc) is 2.86. The van der Waals surface area contributed by atoms with Crippen LogP contribution in [0.4, 0.5) is 8.78 Å². The first-order valence-electron chi connectivity index (χ1n) is 13.6. The predicted octanol–water partition coefficient (Wildman–Crippen LogP) is 7.95. The number of alkyl halides is 2. The van der Waals surface area contributed by atoms with E-state index in [9.17, 15) is 13.6 Å². The van der Waals surface area contributed by atoms with Gasteiger partial charge in [0.2, 0.25) is 0 Å². The van der Waals surface area contributed by atoms with Gasteiger partial charge in [0.05, 0.1) is 0 Å². The number of hydrogen-bond donors (Lipinski definition) is 1. The summed E-state index contributed by atoms with van der Waals surface area (Å²) in [7, 11) is -2.19. The fraction of sp³-hybridized carbons (Fsp3) is 0.567. The van der Waals surface area contributed by atoms with Crippen molar-refractivity contribution in [1.29, 1.82) is 0 Å². The summed E-state index contributed by atoms with van der Waals surface area (Å²) in [5, 5.41) is 11.5. The molecule has 0 bridgehead atoms. The van der Waals surface area contributed by atoms with Crippen LogP contribution in [0.3, 0.4) is 0 Å². The van der Waals surface area contributed by atoms with Gasteiger partial charge in [-0.05, 0) is 0 Å². The van der Waals surface area contributed by atoms with Crippen LogP contribution in [0, 0.1) is 0 Å². The van der Waals surface area contributed by atoms with E-state index in [4.69, 9.17) is 5.11 Å². The Labute approximate surface area is 210 Å². The van der Waals surface area contributed by atoms with Crippen molar-refractivity contribution in [3.63, 3.8) is 0 Å². The summed E-state index contributed by atoms with van der Waals surface area (Å²) >= 11 is 0. The van der Waals surface area contributed by atoms with Crippen LogP contribution in [-0.2, 0) is 4.79 Å². The number of hydrogen-bond acceptors (Lipinski definition) is 1. The molecule has 0 aliphatic heterocycles. The van der Waals surface area contributed by atoms with Crippen molar-refractivity contribution in [2.24, 2.45) is 0 Å². The van der Waals surface area contributed by atoms with Crippen LogP contribution in [0.1, 0.15) is 89.9 Å². The Bertz CT molecular complexity index is 823. The standard InChI is InChI=1S/C30H43F2O2P/c31-30(32)23-21-28(22-24-30)35(26-16-10-8-11-17-26,27-18-12-9-13-19-27)25-15-7-5-3-1-2-4-6-14-20-29(33)34/h8-13,16-19,28,35H,1-7,14-15,20-25H2,(H,33,34). The molecule has 0 heterocycles. The average molecular weight is 505 g/mol. The zero-order valence-corrected chi connectivity index (χ0v) is 22.1. The second-order valence-corrected chi connectivity index (χ2v) is 14.8. The molecule has 35 heavy (non-hydrogen) atoms. The third-order valence-electron chi connectivity index (χ3n) is 7.95. The van der Waals surface area contributed by atoms with Crippen LogP contribution in [-0.4, -0.2) is 28.8 Å². The minimum atomic E-state index is -2.50. The summed E-state index contributed by atoms with van der Waals surface area (Å²) < 4.78 is 28.2. The fourth-order valence-corrected chi connectivity index (χ4v) is 12.0. The Balaban J connectivity index is 1.61. The van der Waals surface area contributed by atoms with Gasteiger partial charge >= 0.3 is 201 Å². The molecule has 0 unspecified atom stereocenters. The molecule has 0 spiro atoms. The second kappa shape index (κ2) is 14.1. The van der Waals surface area contributed by atoms with Gasteiger partial charge < -0.3 is 5.11 Å². The molecule has 1 saturated carbocycles. The topological polar surface area (TPSA) is 37.3 Å². The summed E-state index contributed by atoms with van der Waals surface area (Å²) in [5.41, 5.74) is 0.359. The molecule has 1 aliphatic carbocycles. The number of carboxylic acid groups (broad SMARTS) is 1. The minimum absolute atomic E-state index is 0.0263. The number of benzene rings is 2. The first-order chi connectivity index (χ1) is 16.9. The summed E-state index contributed by atoms with van der Waals surface area (Å²) in [5.74, 6) is -3.20. The molecular weight excluding hydrogens is 461 g/mol. The Morgan fingerprint density at radius 1 is 0.743 bits per heavy atom. The molecule has 1 aliphatic rings. The van der Waals surface area contributed by atoms with E-state index in [1.807, 2.05) is 0 Å². The third kappa shape index (κ3) is 8.38. The molecule has 0 amide bonds. The third-order valence-corrected chi connectivity index (χ3v) is 13.8. The summed E-state index contributed by atoms with van der Waals surface area (Å²) in [4.78, 5) is 10.6. The molecule has 0 radical (unpaired) electrons. The van der Waals surface area contributed by atoms with E-state index in [1.165, 1.54) is 42.7 Å². The molecule has 2 aromatic carbocycles. The van der Waals surface area contributed by atoms with Crippen LogP contribution in [0.15, 0.2) is 60.7 Å². The van der Waals surface area contributed by atoms with Crippen LogP contribution in [0.5, 0.6) is 0 Å². The van der Waals surface area contributed by atoms with Crippen LogP contribution in [0.2, 0.25) is 0 Å². The van der Waals surface area contributed by atoms with Crippen molar-refractivity contribution in [2.75, 3.05) is 6.16 Å². The fourth-order valence-electron chi connectivity index (χ4n) is 6.05. The monoisotopic (exact) mass is 504 g/mol. The second-order valence-electron chi connectivity index (χ2n) is 10.4. The Kier molecular flexibility index (Phi) is 11.2. The summed E-state index contributed by atoms with van der Waals surface area (Å²) in [6.07, 6.45) is 12.8. The zero-order chi connectivity index (χ0) is 25.0. The van der Waals surface area contributed by atoms with Gasteiger partial charge in [-0.1, -0.05) is 0 Å². The van der Waals surface area contributed by atoms with Gasteiger partial charge in [0, 0.05) is 0 Å². The van der Waals surface area contributed by atoms with Crippen molar-refractivity contribution >= 4 is 23.8 Å². The van der Waals surface area contributed by atoms with E-state index in [0.29, 0.717) is 18.5 Å². The van der Waals surface area contributed by atoms with Crippen LogP contribution in [0.25, 0.3) is 0 Å². The molecule has 2 nitrogen and oxygen atoms in total. The van der Waals surface area contributed by atoms with Gasteiger partial charge in [0.15, 0.2) is 0 Å². The first kappa shape index (κ1) is 27.8. The molecule has 194 valence electrons. The Hall–Kier alpha value is -1.80. The van der Waals surface area contributed by atoms with E-state index < -0.39 is 19.2 Å². The van der Waals surface area contributed by atoms with Crippen molar-refractivity contribution in [3.05, 3.63) is 60.7 Å². The van der Waals surface area contributed by atoms with Gasteiger partial charge in [-0.2, -0.15) is 0 Å². The molecule has 5 heteroatoms. The number of unbranched alkanes of at least 4 members (excludes halogenated alkanes) is 8. The van der Waals surface area contributed by atoms with Crippen LogP contribution < -0.4 is 10.6 Å². The molecular formula is C30H43F2O2P. The van der Waals surface area contributed by atoms with E-state index in [1.54, 1.807) is 0 Å². The maximum absolute atomic E-state index is 14.1. The molecule has 0 saturated heterocycles. The summed E-state index contributed by atoms with van der Waals surface area (Å²) in [6, 6.07) is 21.6. The van der Waals surface area contributed by atoms with Crippen molar-refractivity contribution in [2.45, 2.75) is 101 Å². The molecule has 0 atom stereocenters. The van der Waals surface area contributed by atoms with Crippen molar-refractivity contribution in [3.8, 4) is 0 Å². The number of carboxylic acids is 1. The van der Waals surface area contributed by atoms with Gasteiger partial charge in [-0.15, -0.1) is 0 Å². The number of rotatable bonds is 15. The Morgan fingerprint density at radius 2 is 1.17 bits per heavy atom. The quantitative estimate of drug-likeness (QED) is 0.197. The molecule has 1 N–H and O–H groups in total. The van der Waals surface area contributed by atoms with E-state index in [2.05, 4.69) is 60.7 Å². The SMILES string of the molecule is O=C(O)CCCCCCCCCCC[PH](c1ccccc1)(c1ccccc1)C1CCC(F)(F)CC1. The Morgan fingerprint density at radius 3 is 1.63 bits per heavy atom. The zero-order valence-electron chi connectivity index (χ0n) is 21.1. The molecule has 1 fully saturated rings. The summed E-state index contributed by atoms with van der Waals surface area (Å²) in [6.45, 7) is 0. The van der Waals surface area contributed by atoms with Crippen LogP contribution >= 0.6 is 7.26 Å². The van der Waals surface area contributed by atoms with Gasteiger partial charge in [-0.25, -0.2) is 0 Å². The van der Waals surface area contributed by atoms with Gasteiger partial charge in [0.25, 0.3) is 0 Å². The number of aliphatic carboxylic acids is 1. The van der Waals surface area contributed by atoms with Crippen molar-refractivity contribution < 1.29 is 18.7 Å². The van der Waals surface area contributed by atoms with E-state index in [0.717, 1.165) is 31.8 Å². The van der Waals surface area contributed by atoms with E-state index in [-0.39, 0.29) is 19.3 Å². The van der Waals surface area contributed by atoms with Gasteiger partial charge in [-0.3, -0.25) is 4.79 Å². The predicted molar refractivity (Wildman–Crippen MR) is 146 cm³/mol. The normalized spacial score (nSPS) is 16.7. The van der Waals surface area contributed by atoms with Gasteiger partial charge in [0.1, 0.15) is 0 Å². The maximum atomic E-state index is 14.1. The molecule has 2 aromatic rings. The van der Waals surface area contributed by atoms with Crippen molar-refractivity contribution in [1.82, 2.24) is 0 Å².